The molecule has 1 atom stereocenters. The topological polar surface area (TPSA) is 93.4 Å². The molecule has 8 heteroatoms. The number of carbonyl (C=O) groups excluding carboxylic acids is 1. The Morgan fingerprint density at radius 2 is 2.39 bits per heavy atom. The fourth-order valence-electron chi connectivity index (χ4n) is 2.45. The van der Waals surface area contributed by atoms with E-state index >= 15 is 0 Å². The first-order valence-electron chi connectivity index (χ1n) is 7.33. The number of aromatic nitrogens is 2. The van der Waals surface area contributed by atoms with Gasteiger partial charge in [-0.1, -0.05) is 0 Å². The molecule has 0 spiro atoms. The van der Waals surface area contributed by atoms with E-state index < -0.39 is 5.97 Å². The normalized spacial score (nSPS) is 17.3. The molecule has 1 saturated heterocycles. The summed E-state index contributed by atoms with van der Waals surface area (Å²) in [6.45, 7) is 2.54. The third-order valence-corrected chi connectivity index (χ3v) is 4.68. The second-order valence-corrected chi connectivity index (χ2v) is 6.27. The van der Waals surface area contributed by atoms with Crippen molar-refractivity contribution in [2.75, 3.05) is 19.8 Å². The van der Waals surface area contributed by atoms with Crippen molar-refractivity contribution in [1.29, 1.82) is 0 Å². The fraction of sp³-hybridized carbons (Fsp3) is 0.400. The number of carboxylic acids is 1. The number of carbonyl (C=O) groups is 2. The number of rotatable bonds is 6. The van der Waals surface area contributed by atoms with Gasteiger partial charge in [0.2, 0.25) is 0 Å². The van der Waals surface area contributed by atoms with Gasteiger partial charge in [0, 0.05) is 30.6 Å². The molecule has 1 unspecified atom stereocenters. The summed E-state index contributed by atoms with van der Waals surface area (Å²) in [5, 5.41) is 17.4. The van der Waals surface area contributed by atoms with Gasteiger partial charge < -0.3 is 15.2 Å². The fourth-order valence-corrected chi connectivity index (χ4v) is 3.25. The van der Waals surface area contributed by atoms with Crippen molar-refractivity contribution in [3.8, 4) is 0 Å². The minimum Gasteiger partial charge on any atom is -0.478 e. The van der Waals surface area contributed by atoms with Crippen molar-refractivity contribution in [3.05, 3.63) is 39.8 Å². The van der Waals surface area contributed by atoms with Gasteiger partial charge in [-0.3, -0.25) is 9.48 Å². The molecule has 0 bridgehead atoms. The van der Waals surface area contributed by atoms with Crippen LogP contribution in [-0.4, -0.2) is 46.5 Å². The molecule has 2 aromatic rings. The molecule has 7 nitrogen and oxygen atoms in total. The van der Waals surface area contributed by atoms with Crippen LogP contribution in [-0.2, 0) is 11.3 Å². The summed E-state index contributed by atoms with van der Waals surface area (Å²) in [5.41, 5.74) is 1.30. The van der Waals surface area contributed by atoms with E-state index in [0.717, 1.165) is 36.5 Å². The largest absolute Gasteiger partial charge is 0.478 e. The summed E-state index contributed by atoms with van der Waals surface area (Å²) in [7, 11) is 0. The lowest BCUT2D eigenvalue weighted by Gasteiger charge is -2.04. The highest BCUT2D eigenvalue weighted by Crippen LogP contribution is 2.24. The molecule has 3 heterocycles. The molecule has 2 aromatic heterocycles. The number of nitrogens with one attached hydrogen (secondary N) is 1. The van der Waals surface area contributed by atoms with Crippen molar-refractivity contribution in [2.45, 2.75) is 18.9 Å². The van der Waals surface area contributed by atoms with E-state index in [9.17, 15) is 9.59 Å². The molecule has 2 N–H and O–H groups in total. The van der Waals surface area contributed by atoms with Gasteiger partial charge in [-0.25, -0.2) is 4.79 Å². The van der Waals surface area contributed by atoms with Gasteiger partial charge >= 0.3 is 5.97 Å². The highest BCUT2D eigenvalue weighted by atomic mass is 32.1. The molecule has 0 radical (unpaired) electrons. The Balaban J connectivity index is 1.48. The van der Waals surface area contributed by atoms with Crippen LogP contribution in [0, 0.1) is 0 Å². The number of nitrogens with zero attached hydrogens (tertiary/aromatic N) is 2. The first-order chi connectivity index (χ1) is 11.1. The van der Waals surface area contributed by atoms with Crippen LogP contribution in [0.5, 0.6) is 0 Å². The third kappa shape index (κ3) is 3.77. The number of hydrogen-bond donors (Lipinski definition) is 2. The van der Waals surface area contributed by atoms with Crippen molar-refractivity contribution in [3.63, 3.8) is 0 Å². The monoisotopic (exact) mass is 335 g/mol. The van der Waals surface area contributed by atoms with Crippen LogP contribution in [0.4, 0.5) is 0 Å². The quantitative estimate of drug-likeness (QED) is 0.836. The summed E-state index contributed by atoms with van der Waals surface area (Å²) in [5.74, 6) is -0.877. The first kappa shape index (κ1) is 15.7. The molecule has 1 aliphatic rings. The van der Waals surface area contributed by atoms with Crippen LogP contribution < -0.4 is 5.32 Å². The van der Waals surface area contributed by atoms with E-state index in [4.69, 9.17) is 9.84 Å². The molecule has 3 rings (SSSR count). The van der Waals surface area contributed by atoms with Gasteiger partial charge in [-0.15, -0.1) is 11.3 Å². The highest BCUT2D eigenvalue weighted by molar-refractivity contribution is 7.12. The molecule has 23 heavy (non-hydrogen) atoms. The third-order valence-electron chi connectivity index (χ3n) is 3.75. The Hall–Kier alpha value is -2.19. The summed E-state index contributed by atoms with van der Waals surface area (Å²) in [4.78, 5) is 23.1. The predicted molar refractivity (Wildman–Crippen MR) is 84.0 cm³/mol. The minimum atomic E-state index is -1.03. The zero-order valence-electron chi connectivity index (χ0n) is 12.4. The zero-order valence-corrected chi connectivity index (χ0v) is 13.2. The Kier molecular flexibility index (Phi) is 4.73. The lowest BCUT2D eigenvalue weighted by molar-refractivity contribution is 0.0697. The predicted octanol–water partition coefficient (Wildman–Crippen LogP) is 1.58. The molecular formula is C15H17N3O4S. The maximum Gasteiger partial charge on any atom is 0.336 e. The molecule has 0 aromatic carbocycles. The van der Waals surface area contributed by atoms with Crippen LogP contribution in [0.3, 0.4) is 0 Å². The summed E-state index contributed by atoms with van der Waals surface area (Å²) >= 11 is 1.12. The van der Waals surface area contributed by atoms with Gasteiger partial charge in [0.15, 0.2) is 0 Å². The lowest BCUT2D eigenvalue weighted by atomic mass is 10.0. The van der Waals surface area contributed by atoms with Crippen LogP contribution in [0.15, 0.2) is 23.8 Å². The Labute approximate surface area is 136 Å². The smallest absolute Gasteiger partial charge is 0.336 e. The number of thiophene rings is 1. The van der Waals surface area contributed by atoms with Crippen molar-refractivity contribution < 1.29 is 19.4 Å². The molecule has 0 saturated carbocycles. The number of ether oxygens (including phenoxy) is 1. The van der Waals surface area contributed by atoms with Crippen LogP contribution >= 0.6 is 11.3 Å². The van der Waals surface area contributed by atoms with Crippen LogP contribution in [0.1, 0.15) is 37.9 Å². The second kappa shape index (κ2) is 6.93. The van der Waals surface area contributed by atoms with E-state index in [0.29, 0.717) is 23.9 Å². The van der Waals surface area contributed by atoms with Crippen molar-refractivity contribution in [2.24, 2.45) is 0 Å². The number of amides is 1. The van der Waals surface area contributed by atoms with E-state index in [-0.39, 0.29) is 11.5 Å². The average Bonchev–Trinajstić information content (AvgIpc) is 3.27. The highest BCUT2D eigenvalue weighted by Gasteiger charge is 2.19. The van der Waals surface area contributed by atoms with E-state index in [1.807, 2.05) is 12.4 Å². The molecular weight excluding hydrogens is 318 g/mol. The maximum absolute atomic E-state index is 11.9. The Morgan fingerprint density at radius 3 is 3.09 bits per heavy atom. The van der Waals surface area contributed by atoms with Gasteiger partial charge in [-0.2, -0.15) is 5.10 Å². The van der Waals surface area contributed by atoms with E-state index in [1.165, 1.54) is 11.4 Å². The molecule has 1 amide bonds. The SMILES string of the molecule is O=C(O)c1csc(C(=O)NCCn2cc(C3CCOC3)cn2)c1. The number of hydrogen-bond acceptors (Lipinski definition) is 5. The average molecular weight is 335 g/mol. The van der Waals surface area contributed by atoms with E-state index in [2.05, 4.69) is 10.4 Å². The lowest BCUT2D eigenvalue weighted by Crippen LogP contribution is -2.26. The van der Waals surface area contributed by atoms with E-state index in [1.54, 1.807) is 4.68 Å². The first-order valence-corrected chi connectivity index (χ1v) is 8.21. The van der Waals surface area contributed by atoms with Gasteiger partial charge in [0.1, 0.15) is 0 Å². The minimum absolute atomic E-state index is 0.135. The standard InChI is InChI=1S/C15H17N3O4S/c19-14(13-5-11(9-23-13)15(20)21)16-2-3-18-7-12(6-17-18)10-1-4-22-8-10/h5-7,9-10H,1-4,8H2,(H,16,19)(H,20,21). The zero-order chi connectivity index (χ0) is 16.2. The van der Waals surface area contributed by atoms with Gasteiger partial charge in [-0.05, 0) is 18.1 Å². The molecule has 0 aliphatic carbocycles. The van der Waals surface area contributed by atoms with Crippen LogP contribution in [0.2, 0.25) is 0 Å². The summed E-state index contributed by atoms with van der Waals surface area (Å²) in [6, 6.07) is 1.38. The van der Waals surface area contributed by atoms with Crippen molar-refractivity contribution in [1.82, 2.24) is 15.1 Å². The number of aromatic carboxylic acids is 1. The Morgan fingerprint density at radius 1 is 1.52 bits per heavy atom. The van der Waals surface area contributed by atoms with Crippen LogP contribution in [0.25, 0.3) is 0 Å². The molecule has 122 valence electrons. The Bertz CT molecular complexity index is 703. The summed E-state index contributed by atoms with van der Waals surface area (Å²) in [6.07, 6.45) is 4.85. The second-order valence-electron chi connectivity index (χ2n) is 5.36. The molecule has 1 aliphatic heterocycles. The van der Waals surface area contributed by atoms with Crippen molar-refractivity contribution >= 4 is 23.2 Å². The number of carboxylic acid groups (broad SMARTS) is 1. The molecule has 1 fully saturated rings. The summed E-state index contributed by atoms with van der Waals surface area (Å²) < 4.78 is 7.16. The van der Waals surface area contributed by atoms with Gasteiger partial charge in [0.05, 0.1) is 29.8 Å². The maximum atomic E-state index is 11.9. The van der Waals surface area contributed by atoms with Gasteiger partial charge in [0.25, 0.3) is 5.91 Å².